The predicted molar refractivity (Wildman–Crippen MR) is 79.6 cm³/mol. The third-order valence-corrected chi connectivity index (χ3v) is 2.94. The number of nitrogens with zero attached hydrogens (tertiary/aromatic N) is 1. The molecule has 0 aliphatic rings. The van der Waals surface area contributed by atoms with E-state index in [1.54, 1.807) is 0 Å². The van der Waals surface area contributed by atoms with E-state index in [1.807, 2.05) is 12.1 Å². The Morgan fingerprint density at radius 1 is 1.21 bits per heavy atom. The number of unbranched alkanes of at least 4 members (excludes halogenated alkanes) is 1. The number of hydrogen-bond donors (Lipinski definition) is 2. The molecule has 1 rings (SSSR count). The molecule has 0 atom stereocenters. The molecule has 3 nitrogen and oxygen atoms in total. The summed E-state index contributed by atoms with van der Waals surface area (Å²) >= 11 is 0. The van der Waals surface area contributed by atoms with E-state index in [9.17, 15) is 0 Å². The van der Waals surface area contributed by atoms with E-state index in [4.69, 9.17) is 10.8 Å². The summed E-state index contributed by atoms with van der Waals surface area (Å²) in [6, 6.07) is 8.23. The number of aliphatic hydroxyl groups is 1. The Labute approximate surface area is 116 Å². The van der Waals surface area contributed by atoms with Crippen molar-refractivity contribution >= 4 is 0 Å². The Morgan fingerprint density at radius 2 is 1.95 bits per heavy atom. The molecule has 19 heavy (non-hydrogen) atoms. The van der Waals surface area contributed by atoms with Crippen LogP contribution in [0.4, 0.5) is 0 Å². The molecule has 0 aliphatic heterocycles. The summed E-state index contributed by atoms with van der Waals surface area (Å²) in [5.41, 5.74) is 7.60. The lowest BCUT2D eigenvalue weighted by atomic mass is 10.1. The molecule has 0 spiro atoms. The molecule has 3 heteroatoms. The molecule has 0 amide bonds. The zero-order chi connectivity index (χ0) is 13.9. The van der Waals surface area contributed by atoms with Gasteiger partial charge in [-0.15, -0.1) is 0 Å². The molecule has 0 bridgehead atoms. The minimum Gasteiger partial charge on any atom is -0.395 e. The molecule has 104 valence electrons. The first kappa shape index (κ1) is 15.7. The van der Waals surface area contributed by atoms with Crippen LogP contribution >= 0.6 is 0 Å². The molecular formula is C16H24N2O. The Kier molecular flexibility index (Phi) is 7.92. The van der Waals surface area contributed by atoms with Gasteiger partial charge in [-0.25, -0.2) is 0 Å². The standard InChI is InChI=1S/C16H24N2O/c1-2-3-11-18(12-13-19)14-16-8-6-15(7-9-16)5-4-10-17/h6-9,19H,2-3,10-14,17H2,1H3. The van der Waals surface area contributed by atoms with Crippen LogP contribution in [-0.4, -0.2) is 36.2 Å². The smallest absolute Gasteiger partial charge is 0.0558 e. The van der Waals surface area contributed by atoms with Gasteiger partial charge < -0.3 is 10.8 Å². The van der Waals surface area contributed by atoms with Crippen molar-refractivity contribution in [3.8, 4) is 11.8 Å². The highest BCUT2D eigenvalue weighted by Crippen LogP contribution is 2.08. The van der Waals surface area contributed by atoms with E-state index in [0.717, 1.165) is 25.2 Å². The zero-order valence-electron chi connectivity index (χ0n) is 11.7. The molecule has 0 heterocycles. The first-order chi connectivity index (χ1) is 9.30. The topological polar surface area (TPSA) is 49.5 Å². The fraction of sp³-hybridized carbons (Fsp3) is 0.500. The van der Waals surface area contributed by atoms with Gasteiger partial charge in [-0.05, 0) is 30.7 Å². The highest BCUT2D eigenvalue weighted by molar-refractivity contribution is 5.36. The maximum Gasteiger partial charge on any atom is 0.0558 e. The first-order valence-corrected chi connectivity index (χ1v) is 6.91. The van der Waals surface area contributed by atoms with Crippen molar-refractivity contribution in [2.45, 2.75) is 26.3 Å². The second-order valence-corrected chi connectivity index (χ2v) is 4.56. The van der Waals surface area contributed by atoms with Crippen LogP contribution < -0.4 is 5.73 Å². The maximum atomic E-state index is 9.08. The lowest BCUT2D eigenvalue weighted by molar-refractivity contribution is 0.188. The lowest BCUT2D eigenvalue weighted by Crippen LogP contribution is -2.27. The van der Waals surface area contributed by atoms with E-state index in [1.165, 1.54) is 18.4 Å². The number of aliphatic hydroxyl groups excluding tert-OH is 1. The average Bonchev–Trinajstić information content (AvgIpc) is 2.44. The third kappa shape index (κ3) is 6.40. The van der Waals surface area contributed by atoms with Crippen molar-refractivity contribution < 1.29 is 5.11 Å². The van der Waals surface area contributed by atoms with Gasteiger partial charge in [0.1, 0.15) is 0 Å². The van der Waals surface area contributed by atoms with Crippen LogP contribution in [0.2, 0.25) is 0 Å². The minimum absolute atomic E-state index is 0.212. The SMILES string of the molecule is CCCCN(CCO)Cc1ccc(C#CCN)cc1. The lowest BCUT2D eigenvalue weighted by Gasteiger charge is -2.21. The minimum atomic E-state index is 0.212. The van der Waals surface area contributed by atoms with Crippen LogP contribution in [0.1, 0.15) is 30.9 Å². The van der Waals surface area contributed by atoms with E-state index in [2.05, 4.69) is 35.8 Å². The number of hydrogen-bond acceptors (Lipinski definition) is 3. The molecule has 0 fully saturated rings. The van der Waals surface area contributed by atoms with Crippen molar-refractivity contribution in [3.63, 3.8) is 0 Å². The van der Waals surface area contributed by atoms with E-state index in [0.29, 0.717) is 6.54 Å². The van der Waals surface area contributed by atoms with Gasteiger partial charge in [-0.2, -0.15) is 0 Å². The van der Waals surface area contributed by atoms with E-state index < -0.39 is 0 Å². The second-order valence-electron chi connectivity index (χ2n) is 4.56. The summed E-state index contributed by atoms with van der Waals surface area (Å²) in [7, 11) is 0. The van der Waals surface area contributed by atoms with Crippen LogP contribution in [0.15, 0.2) is 24.3 Å². The fourth-order valence-corrected chi connectivity index (χ4v) is 1.90. The third-order valence-electron chi connectivity index (χ3n) is 2.94. The van der Waals surface area contributed by atoms with E-state index in [-0.39, 0.29) is 6.61 Å². The maximum absolute atomic E-state index is 9.08. The van der Waals surface area contributed by atoms with Crippen LogP contribution in [0.25, 0.3) is 0 Å². The van der Waals surface area contributed by atoms with Crippen LogP contribution in [-0.2, 0) is 6.54 Å². The first-order valence-electron chi connectivity index (χ1n) is 6.91. The predicted octanol–water partition coefficient (Wildman–Crippen LogP) is 1.59. The Morgan fingerprint density at radius 3 is 2.53 bits per heavy atom. The highest BCUT2D eigenvalue weighted by Gasteiger charge is 2.04. The molecule has 0 unspecified atom stereocenters. The van der Waals surface area contributed by atoms with Crippen molar-refractivity contribution in [1.82, 2.24) is 4.90 Å². The average molecular weight is 260 g/mol. The van der Waals surface area contributed by atoms with Gasteiger partial charge >= 0.3 is 0 Å². The van der Waals surface area contributed by atoms with Gasteiger partial charge in [0.05, 0.1) is 13.2 Å². The Bertz CT molecular complexity index is 403. The highest BCUT2D eigenvalue weighted by atomic mass is 16.3. The van der Waals surface area contributed by atoms with Gasteiger partial charge in [0.15, 0.2) is 0 Å². The molecular weight excluding hydrogens is 236 g/mol. The summed E-state index contributed by atoms with van der Waals surface area (Å²) < 4.78 is 0. The Balaban J connectivity index is 2.58. The Hall–Kier alpha value is -1.34. The van der Waals surface area contributed by atoms with Gasteiger partial charge in [0.2, 0.25) is 0 Å². The van der Waals surface area contributed by atoms with Crippen molar-refractivity contribution in [1.29, 1.82) is 0 Å². The summed E-state index contributed by atoms with van der Waals surface area (Å²) in [4.78, 5) is 2.28. The normalized spacial score (nSPS) is 10.3. The molecule has 0 aromatic heterocycles. The number of benzene rings is 1. The van der Waals surface area contributed by atoms with Crippen LogP contribution in [0.5, 0.6) is 0 Å². The molecule has 1 aromatic carbocycles. The number of rotatable bonds is 7. The molecule has 0 radical (unpaired) electrons. The van der Waals surface area contributed by atoms with Crippen molar-refractivity contribution in [3.05, 3.63) is 35.4 Å². The van der Waals surface area contributed by atoms with Crippen LogP contribution in [0, 0.1) is 11.8 Å². The van der Waals surface area contributed by atoms with Crippen molar-refractivity contribution in [2.75, 3.05) is 26.2 Å². The van der Waals surface area contributed by atoms with Crippen molar-refractivity contribution in [2.24, 2.45) is 5.73 Å². The van der Waals surface area contributed by atoms with Gasteiger partial charge in [-0.3, -0.25) is 4.90 Å². The molecule has 1 aromatic rings. The monoisotopic (exact) mass is 260 g/mol. The number of nitrogens with two attached hydrogens (primary N) is 1. The largest absolute Gasteiger partial charge is 0.395 e. The quantitative estimate of drug-likeness (QED) is 0.732. The summed E-state index contributed by atoms with van der Waals surface area (Å²) in [6.45, 7) is 5.43. The summed E-state index contributed by atoms with van der Waals surface area (Å²) in [6.07, 6.45) is 2.34. The molecule has 0 saturated carbocycles. The van der Waals surface area contributed by atoms with Gasteiger partial charge in [-0.1, -0.05) is 37.3 Å². The van der Waals surface area contributed by atoms with Gasteiger partial charge in [0.25, 0.3) is 0 Å². The summed E-state index contributed by atoms with van der Waals surface area (Å²) in [5, 5.41) is 9.08. The second kappa shape index (κ2) is 9.57. The summed E-state index contributed by atoms with van der Waals surface area (Å²) in [5.74, 6) is 5.86. The molecule has 3 N–H and O–H groups in total. The van der Waals surface area contributed by atoms with E-state index >= 15 is 0 Å². The molecule has 0 saturated heterocycles. The van der Waals surface area contributed by atoms with Crippen LogP contribution in [0.3, 0.4) is 0 Å². The fourth-order valence-electron chi connectivity index (χ4n) is 1.90. The van der Waals surface area contributed by atoms with Gasteiger partial charge in [0, 0.05) is 18.7 Å². The molecule has 0 aliphatic carbocycles. The zero-order valence-corrected chi connectivity index (χ0v) is 11.7.